The summed E-state index contributed by atoms with van der Waals surface area (Å²) in [7, 11) is 0. The minimum absolute atomic E-state index is 0.0719. The normalized spacial score (nSPS) is 23.6. The fraction of sp³-hybridized carbons (Fsp3) is 0.565. The van der Waals surface area contributed by atoms with Crippen molar-refractivity contribution < 1.29 is 18.8 Å². The van der Waals surface area contributed by atoms with Crippen LogP contribution in [0.15, 0.2) is 24.3 Å². The van der Waals surface area contributed by atoms with Crippen LogP contribution in [0, 0.1) is 11.3 Å². The first kappa shape index (κ1) is 21.5. The standard InChI is InChI=1S/C23H29FN4O3/c1-23(2,3)19(24)9-8-18(29)17-11-13-10-16(13)28(17)20(30)12-27-15-7-5-4-6-14(15)21(26-27)22(25)31/h4-7,13,16-17,19H,8-12H2,1-3H3,(H2,25,31)/t13-,16-,17+,19?/m1/s1. The zero-order chi connectivity index (χ0) is 22.5. The summed E-state index contributed by atoms with van der Waals surface area (Å²) in [6, 6.07) is 6.68. The van der Waals surface area contributed by atoms with Crippen molar-refractivity contribution >= 4 is 28.5 Å². The number of amides is 2. The second-order valence-electron chi connectivity index (χ2n) is 9.84. The Bertz CT molecular complexity index is 1040. The van der Waals surface area contributed by atoms with E-state index < -0.39 is 23.5 Å². The number of piperidine rings is 1. The van der Waals surface area contributed by atoms with Crippen LogP contribution in [-0.2, 0) is 16.1 Å². The van der Waals surface area contributed by atoms with Gasteiger partial charge in [-0.2, -0.15) is 5.10 Å². The Hall–Kier alpha value is -2.77. The van der Waals surface area contributed by atoms with Crippen molar-refractivity contribution in [1.82, 2.24) is 14.7 Å². The summed E-state index contributed by atoms with van der Waals surface area (Å²) in [5, 5.41) is 4.85. The van der Waals surface area contributed by atoms with Crippen LogP contribution >= 0.6 is 0 Å². The number of fused-ring (bicyclic) bond motifs is 2. The van der Waals surface area contributed by atoms with E-state index in [9.17, 15) is 18.8 Å². The van der Waals surface area contributed by atoms with Gasteiger partial charge in [-0.15, -0.1) is 0 Å². The van der Waals surface area contributed by atoms with Crippen molar-refractivity contribution in [2.45, 2.75) is 71.3 Å². The molecule has 1 saturated heterocycles. The van der Waals surface area contributed by atoms with Gasteiger partial charge in [-0.3, -0.25) is 19.1 Å². The molecule has 0 bridgehead atoms. The van der Waals surface area contributed by atoms with Crippen molar-refractivity contribution in [3.63, 3.8) is 0 Å². The third-order valence-corrected chi connectivity index (χ3v) is 6.52. The van der Waals surface area contributed by atoms with E-state index >= 15 is 0 Å². The molecule has 1 aliphatic heterocycles. The SMILES string of the molecule is CC(C)(C)C(F)CCC(=O)[C@@H]1C[C@H]2C[C@H]2N1C(=O)Cn1nc(C(N)=O)c2ccccc21. The summed E-state index contributed by atoms with van der Waals surface area (Å²) in [5.74, 6) is -0.591. The number of nitrogens with zero attached hydrogens (tertiary/aromatic N) is 3. The molecule has 166 valence electrons. The molecule has 2 heterocycles. The van der Waals surface area contributed by atoms with Crippen molar-refractivity contribution in [3.8, 4) is 0 Å². The molecule has 1 saturated carbocycles. The Morgan fingerprint density at radius 1 is 1.23 bits per heavy atom. The summed E-state index contributed by atoms with van der Waals surface area (Å²) in [6.45, 7) is 5.38. The molecule has 2 amide bonds. The minimum atomic E-state index is -1.07. The van der Waals surface area contributed by atoms with Gasteiger partial charge in [0, 0.05) is 17.8 Å². The topological polar surface area (TPSA) is 98.3 Å². The van der Waals surface area contributed by atoms with Gasteiger partial charge in [0.05, 0.1) is 11.6 Å². The summed E-state index contributed by atoms with van der Waals surface area (Å²) < 4.78 is 15.8. The first-order valence-electron chi connectivity index (χ1n) is 10.8. The zero-order valence-corrected chi connectivity index (χ0v) is 18.2. The van der Waals surface area contributed by atoms with Crippen LogP contribution in [0.1, 0.15) is 56.9 Å². The summed E-state index contributed by atoms with van der Waals surface area (Å²) in [5.41, 5.74) is 5.70. The van der Waals surface area contributed by atoms with Gasteiger partial charge in [-0.1, -0.05) is 39.0 Å². The molecule has 7 nitrogen and oxygen atoms in total. The van der Waals surface area contributed by atoms with E-state index in [0.717, 1.165) is 6.42 Å². The van der Waals surface area contributed by atoms with Crippen LogP contribution < -0.4 is 5.73 Å². The van der Waals surface area contributed by atoms with E-state index in [4.69, 9.17) is 5.73 Å². The monoisotopic (exact) mass is 428 g/mol. The maximum atomic E-state index is 14.3. The van der Waals surface area contributed by atoms with E-state index in [0.29, 0.717) is 23.2 Å². The van der Waals surface area contributed by atoms with Crippen molar-refractivity contribution in [2.24, 2.45) is 17.1 Å². The molecule has 4 atom stereocenters. The highest BCUT2D eigenvalue weighted by atomic mass is 19.1. The van der Waals surface area contributed by atoms with Crippen molar-refractivity contribution in [1.29, 1.82) is 0 Å². The molecular formula is C23H29FN4O3. The lowest BCUT2D eigenvalue weighted by molar-refractivity contribution is -0.139. The molecule has 8 heteroatoms. The highest BCUT2D eigenvalue weighted by Gasteiger charge is 2.55. The first-order chi connectivity index (χ1) is 14.6. The van der Waals surface area contributed by atoms with Crippen LogP contribution in [0.4, 0.5) is 4.39 Å². The van der Waals surface area contributed by atoms with E-state index in [1.807, 2.05) is 20.8 Å². The van der Waals surface area contributed by atoms with E-state index in [-0.39, 0.29) is 42.8 Å². The van der Waals surface area contributed by atoms with Gasteiger partial charge in [0.1, 0.15) is 12.7 Å². The third-order valence-electron chi connectivity index (χ3n) is 6.52. The van der Waals surface area contributed by atoms with Crippen molar-refractivity contribution in [3.05, 3.63) is 30.0 Å². The number of nitrogens with two attached hydrogens (primary N) is 1. The van der Waals surface area contributed by atoms with Gasteiger partial charge in [0.15, 0.2) is 11.5 Å². The summed E-state index contributed by atoms with van der Waals surface area (Å²) >= 11 is 0. The average Bonchev–Trinajstić information content (AvgIpc) is 3.21. The van der Waals surface area contributed by atoms with Crippen LogP contribution in [0.25, 0.3) is 10.9 Å². The largest absolute Gasteiger partial charge is 0.364 e. The Morgan fingerprint density at radius 2 is 1.94 bits per heavy atom. The van der Waals surface area contributed by atoms with Gasteiger partial charge in [-0.25, -0.2) is 4.39 Å². The number of ketones is 1. The third kappa shape index (κ3) is 4.07. The smallest absolute Gasteiger partial charge is 0.269 e. The number of primary amides is 1. The lowest BCUT2D eigenvalue weighted by atomic mass is 9.86. The predicted octanol–water partition coefficient (Wildman–Crippen LogP) is 2.86. The van der Waals surface area contributed by atoms with Crippen LogP contribution in [0.5, 0.6) is 0 Å². The molecular weight excluding hydrogens is 399 g/mol. The molecule has 2 N–H and O–H groups in total. The van der Waals surface area contributed by atoms with E-state index in [2.05, 4.69) is 5.10 Å². The van der Waals surface area contributed by atoms with E-state index in [1.54, 1.807) is 29.2 Å². The Morgan fingerprint density at radius 3 is 2.61 bits per heavy atom. The van der Waals surface area contributed by atoms with Crippen LogP contribution in [-0.4, -0.2) is 50.5 Å². The quantitative estimate of drug-likeness (QED) is 0.733. The molecule has 4 rings (SSSR count). The molecule has 31 heavy (non-hydrogen) atoms. The number of hydrogen-bond acceptors (Lipinski definition) is 4. The number of alkyl halides is 1. The van der Waals surface area contributed by atoms with Gasteiger partial charge >= 0.3 is 0 Å². The number of para-hydroxylation sites is 1. The predicted molar refractivity (Wildman–Crippen MR) is 114 cm³/mol. The lowest BCUT2D eigenvalue weighted by Crippen LogP contribution is -2.45. The van der Waals surface area contributed by atoms with E-state index in [1.165, 1.54) is 4.68 Å². The number of likely N-dealkylation sites (tertiary alicyclic amines) is 1. The molecule has 2 aromatic rings. The maximum absolute atomic E-state index is 14.3. The van der Waals surface area contributed by atoms with Gasteiger partial charge in [0.2, 0.25) is 5.91 Å². The molecule has 1 aliphatic carbocycles. The number of carbonyl (C=O) groups is 3. The molecule has 1 aromatic heterocycles. The molecule has 2 fully saturated rings. The van der Waals surface area contributed by atoms with Crippen LogP contribution in [0.2, 0.25) is 0 Å². The second-order valence-corrected chi connectivity index (χ2v) is 9.84. The first-order valence-corrected chi connectivity index (χ1v) is 10.8. The fourth-order valence-electron chi connectivity index (χ4n) is 4.61. The number of benzene rings is 1. The number of carbonyl (C=O) groups excluding carboxylic acids is 3. The summed E-state index contributed by atoms with van der Waals surface area (Å²) in [6.07, 6.45) is 0.772. The Kier molecular flexibility index (Phi) is 5.35. The maximum Gasteiger partial charge on any atom is 0.269 e. The van der Waals surface area contributed by atoms with Gasteiger partial charge in [-0.05, 0) is 36.7 Å². The summed E-state index contributed by atoms with van der Waals surface area (Å²) in [4.78, 5) is 39.5. The van der Waals surface area contributed by atoms with Crippen LogP contribution in [0.3, 0.4) is 0 Å². The van der Waals surface area contributed by atoms with Gasteiger partial charge < -0.3 is 10.6 Å². The molecule has 0 spiro atoms. The van der Waals surface area contributed by atoms with Crippen molar-refractivity contribution in [2.75, 3.05) is 0 Å². The number of hydrogen-bond donors (Lipinski definition) is 1. The van der Waals surface area contributed by atoms with Gasteiger partial charge in [0.25, 0.3) is 5.91 Å². The molecule has 1 unspecified atom stereocenters. The molecule has 1 aromatic carbocycles. The highest BCUT2D eigenvalue weighted by Crippen LogP contribution is 2.48. The average molecular weight is 429 g/mol. The number of aromatic nitrogens is 2. The second kappa shape index (κ2) is 7.73. The Labute approximate surface area is 180 Å². The number of rotatable bonds is 7. The number of halogens is 1. The zero-order valence-electron chi connectivity index (χ0n) is 18.2. The lowest BCUT2D eigenvalue weighted by Gasteiger charge is -2.28. The molecule has 0 radical (unpaired) electrons. The Balaban J connectivity index is 1.50. The fourth-order valence-corrected chi connectivity index (χ4v) is 4.61. The highest BCUT2D eigenvalue weighted by molar-refractivity contribution is 6.04. The number of Topliss-reactive ketones (excluding diaryl/α,β-unsaturated/α-hetero) is 1. The molecule has 2 aliphatic rings. The minimum Gasteiger partial charge on any atom is -0.364 e.